The molecule has 3 N–H and O–H groups in total. The molecule has 1 rings (SSSR count). The normalized spacial score (nSPS) is 9.33. The maximum Gasteiger partial charge on any atom is 0.248 e. The zero-order valence-corrected chi connectivity index (χ0v) is 11.4. The molecule has 0 heterocycles. The average molecular weight is 286 g/mol. The topological polar surface area (TPSA) is 90.7 Å². The second-order valence-corrected chi connectivity index (χ2v) is 3.89. The first-order chi connectivity index (χ1) is 10.1. The molecule has 1 aromatic rings. The van der Waals surface area contributed by atoms with Crippen molar-refractivity contribution < 1.29 is 19.1 Å². The van der Waals surface area contributed by atoms with E-state index in [0.29, 0.717) is 11.3 Å². The van der Waals surface area contributed by atoms with Crippen LogP contribution in [0.2, 0.25) is 0 Å². The Morgan fingerprint density at radius 2 is 2.14 bits per heavy atom. The molecule has 0 saturated heterocycles. The molecule has 6 nitrogen and oxygen atoms in total. The van der Waals surface area contributed by atoms with E-state index < -0.39 is 5.91 Å². The van der Waals surface area contributed by atoms with Crippen molar-refractivity contribution in [2.24, 2.45) is 5.73 Å². The van der Waals surface area contributed by atoms with Gasteiger partial charge < -0.3 is 20.5 Å². The van der Waals surface area contributed by atoms with Gasteiger partial charge in [-0.15, -0.1) is 0 Å². The van der Waals surface area contributed by atoms with E-state index in [4.69, 9.17) is 23.1 Å². The van der Waals surface area contributed by atoms with Gasteiger partial charge in [0.05, 0.1) is 13.2 Å². The fourth-order valence-electron chi connectivity index (χ4n) is 1.37. The lowest BCUT2D eigenvalue weighted by atomic mass is 10.2. The van der Waals surface area contributed by atoms with E-state index in [1.807, 2.05) is 0 Å². The lowest BCUT2D eigenvalue weighted by Crippen LogP contribution is -2.28. The number of hydrogen-bond acceptors (Lipinski definition) is 4. The molecule has 0 aliphatic rings. The van der Waals surface area contributed by atoms with Crippen molar-refractivity contribution in [3.8, 4) is 17.5 Å². The van der Waals surface area contributed by atoms with Crippen LogP contribution >= 0.6 is 0 Å². The SMILES string of the molecule is [B]C#CCNC(=O)COCCOc1cccc(C(N)=O)c1. The van der Waals surface area contributed by atoms with Crippen molar-refractivity contribution >= 4 is 19.7 Å². The summed E-state index contributed by atoms with van der Waals surface area (Å²) in [5.41, 5.74) is 5.53. The van der Waals surface area contributed by atoms with Crippen LogP contribution in [0, 0.1) is 11.7 Å². The molecule has 0 saturated carbocycles. The van der Waals surface area contributed by atoms with Gasteiger partial charge in [-0.25, -0.2) is 0 Å². The third kappa shape index (κ3) is 7.04. The molecule has 108 valence electrons. The molecular formula is C14H15BN2O4. The maximum atomic E-state index is 11.2. The number of ether oxygens (including phenoxy) is 2. The molecule has 0 aromatic heterocycles. The molecule has 0 unspecified atom stereocenters. The average Bonchev–Trinajstić information content (AvgIpc) is 2.47. The summed E-state index contributed by atoms with van der Waals surface area (Å²) in [5, 5.41) is 2.50. The number of nitrogens with one attached hydrogen (secondary N) is 1. The van der Waals surface area contributed by atoms with Gasteiger partial charge in [0.1, 0.15) is 19.0 Å². The van der Waals surface area contributed by atoms with Gasteiger partial charge in [-0.3, -0.25) is 9.59 Å². The van der Waals surface area contributed by atoms with E-state index in [9.17, 15) is 9.59 Å². The largest absolute Gasteiger partial charge is 0.491 e. The zero-order chi connectivity index (χ0) is 15.5. The number of amides is 2. The number of hydrogen-bond donors (Lipinski definition) is 2. The fraction of sp³-hybridized carbons (Fsp3) is 0.286. The van der Waals surface area contributed by atoms with E-state index in [1.165, 1.54) is 0 Å². The van der Waals surface area contributed by atoms with Crippen LogP contribution in [0.25, 0.3) is 0 Å². The molecule has 2 radical (unpaired) electrons. The Morgan fingerprint density at radius 3 is 2.86 bits per heavy atom. The predicted octanol–water partition coefficient (Wildman–Crippen LogP) is -0.573. The highest BCUT2D eigenvalue weighted by atomic mass is 16.5. The van der Waals surface area contributed by atoms with E-state index in [1.54, 1.807) is 24.3 Å². The lowest BCUT2D eigenvalue weighted by Gasteiger charge is -2.07. The molecular weight excluding hydrogens is 271 g/mol. The van der Waals surface area contributed by atoms with E-state index in [2.05, 4.69) is 17.1 Å². The van der Waals surface area contributed by atoms with Gasteiger partial charge in [0.15, 0.2) is 7.85 Å². The Kier molecular flexibility index (Phi) is 7.47. The van der Waals surface area contributed by atoms with Crippen molar-refractivity contribution in [3.63, 3.8) is 0 Å². The van der Waals surface area contributed by atoms with Crippen LogP contribution in [-0.4, -0.2) is 46.0 Å². The van der Waals surface area contributed by atoms with Gasteiger partial charge in [-0.05, 0) is 18.2 Å². The molecule has 0 fully saturated rings. The van der Waals surface area contributed by atoms with Crippen LogP contribution < -0.4 is 15.8 Å². The number of rotatable bonds is 8. The van der Waals surface area contributed by atoms with Gasteiger partial charge in [-0.1, -0.05) is 12.0 Å². The first-order valence-corrected chi connectivity index (χ1v) is 6.19. The maximum absolute atomic E-state index is 11.2. The van der Waals surface area contributed by atoms with Gasteiger partial charge in [0.25, 0.3) is 0 Å². The highest BCUT2D eigenvalue weighted by Gasteiger charge is 2.02. The van der Waals surface area contributed by atoms with Crippen molar-refractivity contribution in [2.45, 2.75) is 0 Å². The lowest BCUT2D eigenvalue weighted by molar-refractivity contribution is -0.125. The molecule has 0 aliphatic carbocycles. The van der Waals surface area contributed by atoms with Gasteiger partial charge in [-0.2, -0.15) is 5.82 Å². The van der Waals surface area contributed by atoms with Crippen molar-refractivity contribution in [2.75, 3.05) is 26.4 Å². The number of benzene rings is 1. The van der Waals surface area contributed by atoms with Crippen LogP contribution in [0.5, 0.6) is 5.75 Å². The number of nitrogens with two attached hydrogens (primary N) is 1. The second-order valence-electron chi connectivity index (χ2n) is 3.89. The molecule has 7 heteroatoms. The van der Waals surface area contributed by atoms with Crippen molar-refractivity contribution in [3.05, 3.63) is 29.8 Å². The van der Waals surface area contributed by atoms with Gasteiger partial charge >= 0.3 is 0 Å². The van der Waals surface area contributed by atoms with Crippen LogP contribution in [0.15, 0.2) is 24.3 Å². The first-order valence-electron chi connectivity index (χ1n) is 6.19. The zero-order valence-electron chi connectivity index (χ0n) is 11.4. The molecule has 0 atom stereocenters. The Hall–Kier alpha value is -2.46. The summed E-state index contributed by atoms with van der Waals surface area (Å²) in [4.78, 5) is 22.2. The molecule has 0 aliphatic heterocycles. The standard InChI is InChI=1S/C14H15BN2O4/c15-5-2-6-17-13(18)10-20-7-8-21-12-4-1-3-11(9-12)14(16)19/h1,3-4,9H,6-8,10H2,(H2,16,19)(H,17,18). The Balaban J connectivity index is 2.19. The summed E-state index contributed by atoms with van der Waals surface area (Å²) >= 11 is 0. The second kappa shape index (κ2) is 9.45. The highest BCUT2D eigenvalue weighted by Crippen LogP contribution is 2.12. The third-order valence-corrected chi connectivity index (χ3v) is 2.32. The van der Waals surface area contributed by atoms with Crippen LogP contribution in [0.4, 0.5) is 0 Å². The molecule has 1 aromatic carbocycles. The third-order valence-electron chi connectivity index (χ3n) is 2.32. The quantitative estimate of drug-likeness (QED) is 0.380. The minimum Gasteiger partial charge on any atom is -0.491 e. The van der Waals surface area contributed by atoms with Crippen LogP contribution in [-0.2, 0) is 9.53 Å². The van der Waals surface area contributed by atoms with Crippen molar-refractivity contribution in [1.82, 2.24) is 5.32 Å². The van der Waals surface area contributed by atoms with E-state index in [0.717, 1.165) is 0 Å². The van der Waals surface area contributed by atoms with Crippen LogP contribution in [0.1, 0.15) is 10.4 Å². The van der Waals surface area contributed by atoms with Gasteiger partial charge in [0.2, 0.25) is 11.8 Å². The number of primary amides is 1. The highest BCUT2D eigenvalue weighted by molar-refractivity contribution is 6.22. The predicted molar refractivity (Wildman–Crippen MR) is 77.8 cm³/mol. The minimum absolute atomic E-state index is 0.0864. The van der Waals surface area contributed by atoms with E-state index in [-0.39, 0.29) is 32.3 Å². The fourth-order valence-corrected chi connectivity index (χ4v) is 1.37. The summed E-state index contributed by atoms with van der Waals surface area (Å²) in [6.45, 7) is 0.584. The summed E-state index contributed by atoms with van der Waals surface area (Å²) in [7, 11) is 4.95. The summed E-state index contributed by atoms with van der Waals surface area (Å²) in [6, 6.07) is 6.51. The number of carbonyl (C=O) groups is 2. The monoisotopic (exact) mass is 286 g/mol. The Bertz CT molecular complexity index is 551. The Labute approximate surface area is 124 Å². The number of carbonyl (C=O) groups excluding carboxylic acids is 2. The van der Waals surface area contributed by atoms with E-state index >= 15 is 0 Å². The molecule has 0 spiro atoms. The minimum atomic E-state index is -0.519. The molecule has 21 heavy (non-hydrogen) atoms. The summed E-state index contributed by atoms with van der Waals surface area (Å²) < 4.78 is 10.5. The van der Waals surface area contributed by atoms with Crippen LogP contribution in [0.3, 0.4) is 0 Å². The smallest absolute Gasteiger partial charge is 0.248 e. The first kappa shape index (κ1) is 16.6. The summed E-state index contributed by atoms with van der Waals surface area (Å²) in [5.74, 6) is 4.37. The molecule has 0 bridgehead atoms. The Morgan fingerprint density at radius 1 is 1.33 bits per heavy atom. The van der Waals surface area contributed by atoms with Crippen molar-refractivity contribution in [1.29, 1.82) is 0 Å². The summed E-state index contributed by atoms with van der Waals surface area (Å²) in [6.07, 6.45) is 0. The van der Waals surface area contributed by atoms with Gasteiger partial charge in [0, 0.05) is 5.56 Å². The molecule has 2 amide bonds.